The number of esters is 1. The first-order chi connectivity index (χ1) is 53.0. The van der Waals surface area contributed by atoms with E-state index >= 15 is 0 Å². The fraction of sp³-hybridized carbons (Fsp3) is 0.783. The Hall–Kier alpha value is -6.51. The van der Waals surface area contributed by atoms with E-state index in [4.69, 9.17) is 42.6 Å². The summed E-state index contributed by atoms with van der Waals surface area (Å²) in [6.45, 7) is -5.52. The van der Waals surface area contributed by atoms with Crippen LogP contribution >= 0.6 is 0 Å². The Labute approximate surface area is 639 Å². The van der Waals surface area contributed by atoms with Gasteiger partial charge < -0.3 is 166 Å². The molecule has 22 N–H and O–H groups in total. The third-order valence-electron chi connectivity index (χ3n) is 18.8. The second kappa shape index (κ2) is 50.7. The Kier molecular flexibility index (Phi) is 43.4. The van der Waals surface area contributed by atoms with E-state index < -0.39 is 234 Å². The number of hydrogen-bond acceptors (Lipinski definition) is 34. The van der Waals surface area contributed by atoms with E-state index in [1.807, 2.05) is 6.07 Å². The Morgan fingerprint density at radius 3 is 1.15 bits per heavy atom. The summed E-state index contributed by atoms with van der Waals surface area (Å²) in [5, 5.41) is 184. The van der Waals surface area contributed by atoms with Gasteiger partial charge in [-0.05, 0) is 56.9 Å². The molecule has 4 aliphatic rings. The van der Waals surface area contributed by atoms with Crippen molar-refractivity contribution in [3.05, 3.63) is 35.9 Å². The average molecular weight is 1600 g/mol. The van der Waals surface area contributed by atoms with Crippen LogP contribution in [0.3, 0.4) is 0 Å². The first-order valence-corrected chi connectivity index (χ1v) is 37.1. The third-order valence-corrected chi connectivity index (χ3v) is 18.8. The van der Waals surface area contributed by atoms with Crippen LogP contribution in [0, 0.1) is 0 Å². The first-order valence-electron chi connectivity index (χ1n) is 37.1. The zero-order valence-corrected chi connectivity index (χ0v) is 61.6. The molecule has 4 aliphatic heterocycles. The number of aliphatic carboxylic acids is 1. The fourth-order valence-electron chi connectivity index (χ4n) is 12.0. The lowest BCUT2D eigenvalue weighted by Gasteiger charge is -2.40. The van der Waals surface area contributed by atoms with Crippen LogP contribution < -0.4 is 26.6 Å². The van der Waals surface area contributed by atoms with E-state index in [1.54, 1.807) is 24.3 Å². The van der Waals surface area contributed by atoms with Gasteiger partial charge in [-0.15, -0.1) is 0 Å². The average Bonchev–Trinajstić information content (AvgIpc) is 0.836. The maximum absolute atomic E-state index is 13.8. The largest absolute Gasteiger partial charge is 0.480 e. The molecule has 0 unspecified atom stereocenters. The van der Waals surface area contributed by atoms with Crippen LogP contribution in [0.25, 0.3) is 0 Å². The van der Waals surface area contributed by atoms with Gasteiger partial charge in [0.2, 0.25) is 41.4 Å². The van der Waals surface area contributed by atoms with Crippen LogP contribution in [0.4, 0.5) is 0 Å². The summed E-state index contributed by atoms with van der Waals surface area (Å²) in [4.78, 5) is 120. The number of rotatable bonds is 51. The standard InChI is InChI=1S/C69H113N7O35/c77-33-41-52(88)56(92)60(96)66(108-41)103-28-24-75(25-29-104-67-61(97)57(93)53(89)42(34-78)109-67)49(85)15-6-2-10-22-70-46(82)20-18-39(73-47(83)21-19-40(65(101)102)74-48(84)32-72-45(81)14-8-9-17-51(87)107-37-38-12-4-1-5-13-38)64(100)71-23-11-3-7-16-50(86)76(26-30-105-68-62(98)58(94)54(90)43(35-79)110-68)27-31-106-69-63(99)59(95)55(91)44(36-80)111-69/h1,4-5,12-13,39-44,52-63,66-69,77-80,88-99H,2-3,6-11,14-37H2,(H,70,82)(H,71,100)(H,72,81)(H,73,83)(H,74,84)(H,101,102)/t39-,40-,41+,42+,43+,44+,52+,53+,54+,55+,56-,57-,58-,59-,60-,61-,62-,63-,66-,67-,68-,69-/m0/s1. The molecule has 4 saturated heterocycles. The zero-order valence-electron chi connectivity index (χ0n) is 61.6. The molecule has 22 atom stereocenters. The van der Waals surface area contributed by atoms with Gasteiger partial charge in [0.1, 0.15) is 116 Å². The predicted molar refractivity (Wildman–Crippen MR) is 373 cm³/mol. The van der Waals surface area contributed by atoms with Gasteiger partial charge in [-0.25, -0.2) is 4.79 Å². The lowest BCUT2D eigenvalue weighted by molar-refractivity contribution is -0.303. The molecule has 4 heterocycles. The van der Waals surface area contributed by atoms with Crippen LogP contribution in [0.2, 0.25) is 0 Å². The summed E-state index contributed by atoms with van der Waals surface area (Å²) in [6.07, 6.45) is -31.6. The van der Waals surface area contributed by atoms with Gasteiger partial charge in [-0.1, -0.05) is 43.2 Å². The summed E-state index contributed by atoms with van der Waals surface area (Å²) in [7, 11) is 0. The quantitative estimate of drug-likeness (QED) is 0.0213. The number of hydrogen-bond donors (Lipinski definition) is 22. The van der Waals surface area contributed by atoms with Gasteiger partial charge in [0, 0.05) is 77.8 Å². The number of carboxylic acid groups (broad SMARTS) is 1. The second-order valence-corrected chi connectivity index (χ2v) is 27.1. The summed E-state index contributed by atoms with van der Waals surface area (Å²) in [5.74, 6) is -6.59. The number of nitrogens with one attached hydrogen (secondary N) is 5. The minimum Gasteiger partial charge on any atom is -0.480 e. The van der Waals surface area contributed by atoms with Crippen LogP contribution in [-0.2, 0) is 92.4 Å². The number of aliphatic hydroxyl groups is 16. The maximum atomic E-state index is 13.8. The molecule has 4 fully saturated rings. The Morgan fingerprint density at radius 2 is 0.748 bits per heavy atom. The molecule has 111 heavy (non-hydrogen) atoms. The van der Waals surface area contributed by atoms with E-state index in [2.05, 4.69) is 26.6 Å². The van der Waals surface area contributed by atoms with E-state index in [9.17, 15) is 130 Å². The highest BCUT2D eigenvalue weighted by atomic mass is 16.7. The van der Waals surface area contributed by atoms with Gasteiger partial charge >= 0.3 is 11.9 Å². The van der Waals surface area contributed by atoms with Crippen molar-refractivity contribution in [2.45, 2.75) is 244 Å². The van der Waals surface area contributed by atoms with Crippen molar-refractivity contribution < 1.29 is 173 Å². The highest BCUT2D eigenvalue weighted by molar-refractivity contribution is 5.90. The smallest absolute Gasteiger partial charge is 0.326 e. The molecule has 0 radical (unpaired) electrons. The summed E-state index contributed by atoms with van der Waals surface area (Å²) in [6, 6.07) is 5.96. The van der Waals surface area contributed by atoms with Crippen molar-refractivity contribution >= 4 is 53.3 Å². The SMILES string of the molecule is O=C(CC[C@H](NC(=O)CC[C@H](NC(=O)CNC(=O)CCCCC(=O)OCc1ccccc1)C(=O)O)C(=O)NCCCCCC(=O)N(CCO[C@H]1O[C@H](CO)[C@@H](O)[C@H](O)[C@@H]1O)CCO[C@H]1O[C@H](CO)[C@@H](O)[C@H](O)[C@@H]1O)NCCCCCC(=O)N(CCO[C@H]1O[C@H](CO)[C@@H](O)[C@H](O)[C@@H]1O)CCO[C@H]1O[C@H](CO)[C@@H](O)[C@H](O)[C@@H]1O. The summed E-state index contributed by atoms with van der Waals surface area (Å²) >= 11 is 0. The highest BCUT2D eigenvalue weighted by Gasteiger charge is 2.48. The normalized spacial score (nSPS) is 28.5. The lowest BCUT2D eigenvalue weighted by atomic mass is 9.99. The number of carboxylic acids is 1. The summed E-state index contributed by atoms with van der Waals surface area (Å²) < 4.78 is 49.1. The van der Waals surface area contributed by atoms with Crippen molar-refractivity contribution in [3.63, 3.8) is 0 Å². The molecular weight excluding hydrogens is 1490 g/mol. The molecule has 634 valence electrons. The highest BCUT2D eigenvalue weighted by Crippen LogP contribution is 2.27. The van der Waals surface area contributed by atoms with E-state index in [0.29, 0.717) is 25.7 Å². The Morgan fingerprint density at radius 1 is 0.387 bits per heavy atom. The van der Waals surface area contributed by atoms with E-state index in [-0.39, 0.29) is 137 Å². The summed E-state index contributed by atoms with van der Waals surface area (Å²) in [5.41, 5.74) is 0.803. The Balaban J connectivity index is 1.14. The predicted octanol–water partition coefficient (Wildman–Crippen LogP) is -9.70. The topological polar surface area (TPSA) is 647 Å². The number of nitrogens with zero attached hydrogens (tertiary/aromatic N) is 2. The van der Waals surface area contributed by atoms with Crippen molar-refractivity contribution in [1.29, 1.82) is 0 Å². The number of benzene rings is 1. The molecule has 0 aromatic heterocycles. The van der Waals surface area contributed by atoms with E-state index in [1.165, 1.54) is 9.80 Å². The molecule has 0 bridgehead atoms. The fourth-order valence-corrected chi connectivity index (χ4v) is 12.0. The van der Waals surface area contributed by atoms with E-state index in [0.717, 1.165) is 5.56 Å². The molecule has 1 aromatic carbocycles. The zero-order chi connectivity index (χ0) is 81.7. The first kappa shape index (κ1) is 95.1. The van der Waals surface area contributed by atoms with Crippen LogP contribution in [0.15, 0.2) is 30.3 Å². The van der Waals surface area contributed by atoms with Crippen LogP contribution in [0.1, 0.15) is 108 Å². The minimum absolute atomic E-state index is 0.0330. The molecule has 42 heteroatoms. The van der Waals surface area contributed by atoms with Crippen molar-refractivity contribution in [3.8, 4) is 0 Å². The van der Waals surface area contributed by atoms with Gasteiger partial charge in [0.25, 0.3) is 0 Å². The molecule has 7 amide bonds. The monoisotopic (exact) mass is 1600 g/mol. The molecule has 1 aromatic rings. The molecule has 5 rings (SSSR count). The van der Waals surface area contributed by atoms with Crippen molar-refractivity contribution in [1.82, 2.24) is 36.4 Å². The molecule has 42 nitrogen and oxygen atoms in total. The molecular formula is C69H113N7O35. The van der Waals surface area contributed by atoms with Gasteiger partial charge in [-0.3, -0.25) is 38.4 Å². The molecule has 0 aliphatic carbocycles. The molecule has 0 spiro atoms. The number of carbonyl (C=O) groups is 9. The van der Waals surface area contributed by atoms with Crippen molar-refractivity contribution in [2.75, 3.05) is 98.7 Å². The number of unbranched alkanes of at least 4 members (excludes halogenated alkanes) is 5. The van der Waals surface area contributed by atoms with Gasteiger partial charge in [0.05, 0.1) is 59.4 Å². The number of amides is 7. The number of ether oxygens (including phenoxy) is 9. The van der Waals surface area contributed by atoms with Crippen LogP contribution in [0.5, 0.6) is 0 Å². The third kappa shape index (κ3) is 32.0. The number of aliphatic hydroxyl groups excluding tert-OH is 16. The lowest BCUT2D eigenvalue weighted by Crippen LogP contribution is -2.59. The minimum atomic E-state index is -1.76. The van der Waals surface area contributed by atoms with Gasteiger partial charge in [0.15, 0.2) is 25.2 Å². The van der Waals surface area contributed by atoms with Gasteiger partial charge in [-0.2, -0.15) is 0 Å². The second-order valence-electron chi connectivity index (χ2n) is 27.1. The van der Waals surface area contributed by atoms with Crippen LogP contribution in [-0.4, -0.2) is 383 Å². The number of carbonyl (C=O) groups excluding carboxylic acids is 8. The maximum Gasteiger partial charge on any atom is 0.326 e. The van der Waals surface area contributed by atoms with Crippen molar-refractivity contribution in [2.24, 2.45) is 0 Å². The molecule has 0 saturated carbocycles. The Bertz CT molecular complexity index is 2870.